The predicted octanol–water partition coefficient (Wildman–Crippen LogP) is 1.46. The second-order valence-electron chi connectivity index (χ2n) is 5.73. The molecule has 2 rings (SSSR count). The Hall–Kier alpha value is -1.39. The molecule has 1 aromatic rings. The Kier molecular flexibility index (Phi) is 5.15. The molecule has 110 valence electrons. The van der Waals surface area contributed by atoms with E-state index in [4.69, 9.17) is 5.73 Å². The average molecular weight is 275 g/mol. The average Bonchev–Trinajstić information content (AvgIpc) is 2.97. The zero-order valence-corrected chi connectivity index (χ0v) is 12.3. The van der Waals surface area contributed by atoms with Gasteiger partial charge >= 0.3 is 0 Å². The zero-order chi connectivity index (χ0) is 14.4. The molecule has 0 aromatic heterocycles. The van der Waals surface area contributed by atoms with E-state index in [1.807, 2.05) is 30.3 Å². The molecule has 1 atom stereocenters. The van der Waals surface area contributed by atoms with Crippen molar-refractivity contribution in [3.05, 3.63) is 35.9 Å². The normalized spacial score (nSPS) is 18.7. The molecule has 0 spiro atoms. The highest BCUT2D eigenvalue weighted by Crippen LogP contribution is 2.17. The summed E-state index contributed by atoms with van der Waals surface area (Å²) in [6.45, 7) is 5.92. The van der Waals surface area contributed by atoms with Gasteiger partial charge in [0.25, 0.3) is 0 Å². The Bertz CT molecular complexity index is 425. The minimum atomic E-state index is -0.963. The predicted molar refractivity (Wildman–Crippen MR) is 81.3 cm³/mol. The lowest BCUT2D eigenvalue weighted by Gasteiger charge is -2.24. The summed E-state index contributed by atoms with van der Waals surface area (Å²) < 4.78 is 0. The van der Waals surface area contributed by atoms with Crippen molar-refractivity contribution >= 4 is 5.91 Å². The molecule has 1 saturated heterocycles. The summed E-state index contributed by atoms with van der Waals surface area (Å²) in [5, 5.41) is 2.95. The highest BCUT2D eigenvalue weighted by molar-refractivity contribution is 5.86. The van der Waals surface area contributed by atoms with Crippen LogP contribution in [0.5, 0.6) is 0 Å². The van der Waals surface area contributed by atoms with Crippen molar-refractivity contribution in [2.45, 2.75) is 31.7 Å². The Morgan fingerprint density at radius 3 is 2.60 bits per heavy atom. The third-order valence-corrected chi connectivity index (χ3v) is 3.98. The van der Waals surface area contributed by atoms with Crippen LogP contribution < -0.4 is 11.1 Å². The quantitative estimate of drug-likeness (QED) is 0.773. The number of hydrogen-bond acceptors (Lipinski definition) is 3. The van der Waals surface area contributed by atoms with Crippen LogP contribution in [-0.2, 0) is 10.3 Å². The van der Waals surface area contributed by atoms with E-state index in [1.165, 1.54) is 25.9 Å². The standard InChI is InChI=1S/C16H25N3O/c1-16(17,14-8-3-2-4-9-14)15(20)18-10-7-13-19-11-5-6-12-19/h2-4,8-9H,5-7,10-13,17H2,1H3,(H,18,20). The number of nitrogens with one attached hydrogen (secondary N) is 1. The first-order valence-corrected chi connectivity index (χ1v) is 7.46. The molecule has 1 fully saturated rings. The summed E-state index contributed by atoms with van der Waals surface area (Å²) in [5.74, 6) is -0.106. The first-order chi connectivity index (χ1) is 9.60. The minimum absolute atomic E-state index is 0.106. The molecule has 1 aromatic carbocycles. The van der Waals surface area contributed by atoms with Crippen molar-refractivity contribution in [2.24, 2.45) is 5.73 Å². The van der Waals surface area contributed by atoms with Crippen LogP contribution in [0.25, 0.3) is 0 Å². The lowest BCUT2D eigenvalue weighted by molar-refractivity contribution is -0.126. The second-order valence-corrected chi connectivity index (χ2v) is 5.73. The summed E-state index contributed by atoms with van der Waals surface area (Å²) in [4.78, 5) is 14.7. The largest absolute Gasteiger partial charge is 0.354 e. The molecule has 1 aliphatic heterocycles. The SMILES string of the molecule is CC(N)(C(=O)NCCCN1CCCC1)c1ccccc1. The number of nitrogens with two attached hydrogens (primary N) is 1. The van der Waals surface area contributed by atoms with E-state index in [0.29, 0.717) is 6.54 Å². The van der Waals surface area contributed by atoms with Gasteiger partial charge in [0, 0.05) is 6.54 Å². The van der Waals surface area contributed by atoms with Gasteiger partial charge in [0.1, 0.15) is 5.54 Å². The van der Waals surface area contributed by atoms with Gasteiger partial charge in [0.2, 0.25) is 5.91 Å². The third-order valence-electron chi connectivity index (χ3n) is 3.98. The number of nitrogens with zero attached hydrogens (tertiary/aromatic N) is 1. The maximum Gasteiger partial charge on any atom is 0.244 e. The molecule has 0 radical (unpaired) electrons. The van der Waals surface area contributed by atoms with Gasteiger partial charge in [0.15, 0.2) is 0 Å². The van der Waals surface area contributed by atoms with Gasteiger partial charge in [0.05, 0.1) is 0 Å². The van der Waals surface area contributed by atoms with Gasteiger partial charge in [-0.3, -0.25) is 4.79 Å². The molecule has 0 saturated carbocycles. The second kappa shape index (κ2) is 6.86. The molecular weight excluding hydrogens is 250 g/mol. The number of likely N-dealkylation sites (tertiary alicyclic amines) is 1. The van der Waals surface area contributed by atoms with Gasteiger partial charge in [-0.1, -0.05) is 30.3 Å². The maximum atomic E-state index is 12.2. The molecule has 1 aliphatic rings. The van der Waals surface area contributed by atoms with Crippen LogP contribution in [0.3, 0.4) is 0 Å². The smallest absolute Gasteiger partial charge is 0.244 e. The summed E-state index contributed by atoms with van der Waals surface area (Å²) in [7, 11) is 0. The number of carbonyl (C=O) groups excluding carboxylic acids is 1. The van der Waals surface area contributed by atoms with Gasteiger partial charge in [-0.15, -0.1) is 0 Å². The number of carbonyl (C=O) groups is 1. The van der Waals surface area contributed by atoms with E-state index in [2.05, 4.69) is 10.2 Å². The van der Waals surface area contributed by atoms with Crippen LogP contribution in [0.15, 0.2) is 30.3 Å². The molecule has 4 heteroatoms. The fraction of sp³-hybridized carbons (Fsp3) is 0.562. The number of amides is 1. The monoisotopic (exact) mass is 275 g/mol. The number of benzene rings is 1. The molecule has 3 N–H and O–H groups in total. The number of rotatable bonds is 6. The Labute approximate surface area is 121 Å². The molecular formula is C16H25N3O. The number of hydrogen-bond donors (Lipinski definition) is 2. The van der Waals surface area contributed by atoms with Gasteiger partial charge in [-0.25, -0.2) is 0 Å². The van der Waals surface area contributed by atoms with Crippen molar-refractivity contribution in [1.29, 1.82) is 0 Å². The molecule has 20 heavy (non-hydrogen) atoms. The van der Waals surface area contributed by atoms with Crippen molar-refractivity contribution in [3.8, 4) is 0 Å². The fourth-order valence-electron chi connectivity index (χ4n) is 2.61. The summed E-state index contributed by atoms with van der Waals surface area (Å²) in [5.41, 5.74) is 6.04. The van der Waals surface area contributed by atoms with Gasteiger partial charge in [-0.05, 0) is 51.4 Å². The van der Waals surface area contributed by atoms with E-state index in [0.717, 1.165) is 18.5 Å². The zero-order valence-electron chi connectivity index (χ0n) is 12.3. The summed E-state index contributed by atoms with van der Waals surface area (Å²) in [6.07, 6.45) is 3.60. The molecule has 4 nitrogen and oxygen atoms in total. The van der Waals surface area contributed by atoms with Crippen LogP contribution in [0.4, 0.5) is 0 Å². The van der Waals surface area contributed by atoms with Crippen LogP contribution in [0.1, 0.15) is 31.7 Å². The Morgan fingerprint density at radius 1 is 1.30 bits per heavy atom. The highest BCUT2D eigenvalue weighted by Gasteiger charge is 2.29. The third kappa shape index (κ3) is 3.81. The molecule has 0 aliphatic carbocycles. The van der Waals surface area contributed by atoms with E-state index >= 15 is 0 Å². The highest BCUT2D eigenvalue weighted by atomic mass is 16.2. The summed E-state index contributed by atoms with van der Waals surface area (Å²) >= 11 is 0. The van der Waals surface area contributed by atoms with Crippen molar-refractivity contribution in [3.63, 3.8) is 0 Å². The maximum absolute atomic E-state index is 12.2. The summed E-state index contributed by atoms with van der Waals surface area (Å²) in [6, 6.07) is 9.52. The lowest BCUT2D eigenvalue weighted by atomic mass is 9.92. The van der Waals surface area contributed by atoms with Crippen LogP contribution in [0, 0.1) is 0 Å². The van der Waals surface area contributed by atoms with E-state index in [9.17, 15) is 4.79 Å². The van der Waals surface area contributed by atoms with Crippen LogP contribution >= 0.6 is 0 Å². The lowest BCUT2D eigenvalue weighted by Crippen LogP contribution is -2.49. The Morgan fingerprint density at radius 2 is 1.95 bits per heavy atom. The van der Waals surface area contributed by atoms with Crippen LogP contribution in [0.2, 0.25) is 0 Å². The van der Waals surface area contributed by atoms with Gasteiger partial charge < -0.3 is 16.0 Å². The minimum Gasteiger partial charge on any atom is -0.354 e. The molecule has 1 unspecified atom stereocenters. The topological polar surface area (TPSA) is 58.4 Å². The van der Waals surface area contributed by atoms with Crippen molar-refractivity contribution < 1.29 is 4.79 Å². The Balaban J connectivity index is 1.76. The first-order valence-electron chi connectivity index (χ1n) is 7.46. The fourth-order valence-corrected chi connectivity index (χ4v) is 2.61. The van der Waals surface area contributed by atoms with Crippen molar-refractivity contribution in [2.75, 3.05) is 26.2 Å². The molecule has 1 heterocycles. The molecule has 1 amide bonds. The first kappa shape index (κ1) is 15.0. The van der Waals surface area contributed by atoms with Gasteiger partial charge in [-0.2, -0.15) is 0 Å². The van der Waals surface area contributed by atoms with Crippen LogP contribution in [-0.4, -0.2) is 37.0 Å². The molecule has 0 bridgehead atoms. The van der Waals surface area contributed by atoms with E-state index in [1.54, 1.807) is 6.92 Å². The van der Waals surface area contributed by atoms with Crippen molar-refractivity contribution in [1.82, 2.24) is 10.2 Å². The van der Waals surface area contributed by atoms with E-state index < -0.39 is 5.54 Å². The van der Waals surface area contributed by atoms with E-state index in [-0.39, 0.29) is 5.91 Å².